The van der Waals surface area contributed by atoms with Gasteiger partial charge in [-0.25, -0.2) is 0 Å². The molecule has 0 aromatic heterocycles. The number of phenols is 7. The van der Waals surface area contributed by atoms with Crippen molar-refractivity contribution in [3.63, 3.8) is 0 Å². The molecule has 0 saturated carbocycles. The zero-order valence-corrected chi connectivity index (χ0v) is 32.4. The number of anilines is 3. The van der Waals surface area contributed by atoms with Crippen LogP contribution >= 0.6 is 0 Å². The van der Waals surface area contributed by atoms with Crippen molar-refractivity contribution >= 4 is 17.1 Å². The van der Waals surface area contributed by atoms with E-state index in [0.717, 1.165) is 38.9 Å². The number of rotatable bonds is 4. The quantitative estimate of drug-likeness (QED) is 0.0690. The molecule has 0 heterocycles. The molecule has 8 aromatic rings. The molecule has 11 rings (SSSR count). The number of hydrogen-bond acceptors (Lipinski definition) is 8. The van der Waals surface area contributed by atoms with Crippen LogP contribution in [0.25, 0.3) is 44.5 Å². The van der Waals surface area contributed by atoms with Crippen molar-refractivity contribution < 1.29 is 35.7 Å². The highest BCUT2D eigenvalue weighted by Crippen LogP contribution is 2.74. The SMILES string of the molecule is CC1(C)c2ccccc2-c2ccc(N(c3ccc(-c4ccccc4)cc3)c3c(O)c(O)c4c(c3O)C3(c5ccccc5-c5ccccc53)c3c(O)c(O)c(O)c(O)c3-4)cc21. The van der Waals surface area contributed by atoms with Gasteiger partial charge in [-0.3, -0.25) is 0 Å². The summed E-state index contributed by atoms with van der Waals surface area (Å²) in [5.74, 6) is -5.46. The number of aromatic hydroxyl groups is 7. The molecule has 0 radical (unpaired) electrons. The molecule has 0 aliphatic heterocycles. The molecule has 292 valence electrons. The Balaban J connectivity index is 1.25. The Bertz CT molecular complexity index is 3110. The van der Waals surface area contributed by atoms with Crippen LogP contribution in [0, 0.1) is 0 Å². The highest BCUT2D eigenvalue weighted by atomic mass is 16.3. The average molecular weight is 788 g/mol. The third-order valence-corrected chi connectivity index (χ3v) is 13.0. The van der Waals surface area contributed by atoms with Crippen LogP contribution in [0.5, 0.6) is 40.2 Å². The normalized spacial score (nSPS) is 14.2. The second-order valence-corrected chi connectivity index (χ2v) is 16.3. The van der Waals surface area contributed by atoms with Gasteiger partial charge in [0, 0.05) is 39.0 Å². The van der Waals surface area contributed by atoms with Crippen molar-refractivity contribution in [3.05, 3.63) is 179 Å². The molecule has 8 nitrogen and oxygen atoms in total. The third kappa shape index (κ3) is 4.29. The summed E-state index contributed by atoms with van der Waals surface area (Å²) in [7, 11) is 0. The average Bonchev–Trinajstić information content (AvgIpc) is 3.85. The Morgan fingerprint density at radius 2 is 0.817 bits per heavy atom. The Morgan fingerprint density at radius 3 is 1.43 bits per heavy atom. The lowest BCUT2D eigenvalue weighted by atomic mass is 9.69. The molecule has 0 amide bonds. The van der Waals surface area contributed by atoms with Crippen LogP contribution in [0.2, 0.25) is 0 Å². The summed E-state index contributed by atoms with van der Waals surface area (Å²) >= 11 is 0. The number of nitrogens with zero attached hydrogens (tertiary/aromatic N) is 1. The molecule has 0 unspecified atom stereocenters. The summed E-state index contributed by atoms with van der Waals surface area (Å²) in [6.45, 7) is 4.33. The first-order valence-corrected chi connectivity index (χ1v) is 19.7. The summed E-state index contributed by atoms with van der Waals surface area (Å²) in [5, 5.41) is 83.9. The second-order valence-electron chi connectivity index (χ2n) is 16.3. The molecule has 3 aliphatic carbocycles. The van der Waals surface area contributed by atoms with Crippen molar-refractivity contribution in [1.29, 1.82) is 0 Å². The first-order valence-electron chi connectivity index (χ1n) is 19.7. The molecule has 8 heteroatoms. The van der Waals surface area contributed by atoms with Crippen molar-refractivity contribution in [2.75, 3.05) is 4.90 Å². The predicted molar refractivity (Wildman–Crippen MR) is 232 cm³/mol. The van der Waals surface area contributed by atoms with E-state index >= 15 is 0 Å². The van der Waals surface area contributed by atoms with Crippen molar-refractivity contribution in [1.82, 2.24) is 0 Å². The van der Waals surface area contributed by atoms with Gasteiger partial charge in [0.25, 0.3) is 0 Å². The van der Waals surface area contributed by atoms with Crippen molar-refractivity contribution in [2.45, 2.75) is 24.7 Å². The van der Waals surface area contributed by atoms with E-state index in [1.165, 1.54) is 5.56 Å². The first kappa shape index (κ1) is 35.3. The van der Waals surface area contributed by atoms with Gasteiger partial charge in [-0.05, 0) is 79.9 Å². The van der Waals surface area contributed by atoms with Crippen molar-refractivity contribution in [3.8, 4) is 84.8 Å². The molecule has 8 aromatic carbocycles. The Labute approximate surface area is 345 Å². The van der Waals surface area contributed by atoms with Crippen LogP contribution in [0.4, 0.5) is 17.1 Å². The largest absolute Gasteiger partial charge is 0.505 e. The van der Waals surface area contributed by atoms with Crippen molar-refractivity contribution in [2.24, 2.45) is 0 Å². The summed E-state index contributed by atoms with van der Waals surface area (Å²) < 4.78 is 0. The minimum Gasteiger partial charge on any atom is -0.505 e. The molecular formula is C52H37NO7. The lowest BCUT2D eigenvalue weighted by molar-refractivity contribution is 0.343. The predicted octanol–water partition coefficient (Wildman–Crippen LogP) is 11.4. The lowest BCUT2D eigenvalue weighted by Gasteiger charge is -2.34. The number of hydrogen-bond donors (Lipinski definition) is 7. The molecule has 0 atom stereocenters. The highest BCUT2D eigenvalue weighted by Gasteiger charge is 2.58. The molecule has 60 heavy (non-hydrogen) atoms. The zero-order chi connectivity index (χ0) is 41.4. The summed E-state index contributed by atoms with van der Waals surface area (Å²) in [6.07, 6.45) is 0. The number of benzene rings is 8. The fourth-order valence-electron chi connectivity index (χ4n) is 10.4. The van der Waals surface area contributed by atoms with E-state index < -0.39 is 51.1 Å². The monoisotopic (exact) mass is 787 g/mol. The van der Waals surface area contributed by atoms with E-state index in [-0.39, 0.29) is 27.9 Å². The van der Waals surface area contributed by atoms with Gasteiger partial charge in [0.2, 0.25) is 11.5 Å². The third-order valence-electron chi connectivity index (χ3n) is 13.0. The van der Waals surface area contributed by atoms with E-state index in [2.05, 4.69) is 26.0 Å². The summed E-state index contributed by atoms with van der Waals surface area (Å²) in [5.41, 5.74) is 7.38. The van der Waals surface area contributed by atoms with Crippen LogP contribution in [0.1, 0.15) is 47.2 Å². The summed E-state index contributed by atoms with van der Waals surface area (Å²) in [4.78, 5) is 1.71. The van der Waals surface area contributed by atoms with Crippen LogP contribution in [-0.2, 0) is 10.8 Å². The standard InChI is InChI=1S/C52H37NO7/c1-51(2)35-17-9-6-14-31(35)34-25-24-30(26-38(34)51)53(29-22-20-28(21-23-29)27-12-4-3-5-13-27)43-46(56)41-39(44(54)48(43)58)40-42(47(57)50(60)49(59)45(40)55)52(41)36-18-10-7-15-32(36)33-16-8-11-19-37(33)52/h3-26,54-60H,1-2H3. The van der Waals surface area contributed by atoms with Gasteiger partial charge >= 0.3 is 0 Å². The smallest absolute Gasteiger partial charge is 0.204 e. The van der Waals surface area contributed by atoms with Crippen LogP contribution in [0.15, 0.2) is 146 Å². The van der Waals surface area contributed by atoms with Gasteiger partial charge in [-0.15, -0.1) is 0 Å². The van der Waals surface area contributed by atoms with Crippen LogP contribution in [0.3, 0.4) is 0 Å². The van der Waals surface area contributed by atoms with Gasteiger partial charge in [0.1, 0.15) is 11.4 Å². The molecule has 0 fully saturated rings. The Morgan fingerprint density at radius 1 is 0.367 bits per heavy atom. The van der Waals surface area contributed by atoms with Gasteiger partial charge < -0.3 is 40.6 Å². The maximum absolute atomic E-state index is 13.2. The molecule has 7 N–H and O–H groups in total. The topological polar surface area (TPSA) is 145 Å². The van der Waals surface area contributed by atoms with Gasteiger partial charge in [0.15, 0.2) is 23.0 Å². The number of phenolic OH excluding ortho intramolecular Hbond substituents is 7. The fourth-order valence-corrected chi connectivity index (χ4v) is 10.4. The lowest BCUT2D eigenvalue weighted by Crippen LogP contribution is -2.26. The summed E-state index contributed by atoms with van der Waals surface area (Å²) in [6, 6.07) is 46.7. The molecule has 0 saturated heterocycles. The van der Waals surface area contributed by atoms with Gasteiger partial charge in [-0.2, -0.15) is 0 Å². The first-order chi connectivity index (χ1) is 29.0. The zero-order valence-electron chi connectivity index (χ0n) is 32.4. The van der Waals surface area contributed by atoms with E-state index in [1.807, 2.05) is 133 Å². The van der Waals surface area contributed by atoms with Crippen LogP contribution < -0.4 is 4.90 Å². The van der Waals surface area contributed by atoms with E-state index in [1.54, 1.807) is 4.90 Å². The minimum absolute atomic E-state index is 0.0376. The molecule has 1 spiro atoms. The van der Waals surface area contributed by atoms with E-state index in [9.17, 15) is 35.7 Å². The fraction of sp³-hybridized carbons (Fsp3) is 0.0769. The second kappa shape index (κ2) is 12.1. The highest BCUT2D eigenvalue weighted by molar-refractivity contribution is 6.06. The molecular weight excluding hydrogens is 751 g/mol. The maximum Gasteiger partial charge on any atom is 0.204 e. The maximum atomic E-state index is 13.2. The van der Waals surface area contributed by atoms with E-state index in [4.69, 9.17) is 0 Å². The minimum atomic E-state index is -1.67. The van der Waals surface area contributed by atoms with E-state index in [0.29, 0.717) is 22.5 Å². The molecule has 3 aliphatic rings. The van der Waals surface area contributed by atoms with Gasteiger partial charge in [-0.1, -0.05) is 135 Å². The Hall–Kier alpha value is -7.84. The number of fused-ring (bicyclic) bond motifs is 13. The Kier molecular flexibility index (Phi) is 7.12. The molecule has 0 bridgehead atoms. The van der Waals surface area contributed by atoms with Gasteiger partial charge in [0.05, 0.1) is 5.41 Å². The van der Waals surface area contributed by atoms with Crippen LogP contribution in [-0.4, -0.2) is 35.7 Å².